The standard InChI is InChI=1S/C11H15IO/c1-9(13)11-6-4-10(5-7-11)3-2-8-12/h4-7,9,13H,2-3,8H2,1H3. The molecule has 0 amide bonds. The minimum Gasteiger partial charge on any atom is -0.389 e. The van der Waals surface area contributed by atoms with Crippen LogP contribution < -0.4 is 0 Å². The lowest BCUT2D eigenvalue weighted by Gasteiger charge is -2.05. The third-order valence-electron chi connectivity index (χ3n) is 2.06. The Balaban J connectivity index is 2.59. The van der Waals surface area contributed by atoms with Gasteiger partial charge in [-0.25, -0.2) is 0 Å². The molecule has 1 aromatic carbocycles. The van der Waals surface area contributed by atoms with Crippen LogP contribution in [0.2, 0.25) is 0 Å². The number of hydrogen-bond donors (Lipinski definition) is 1. The van der Waals surface area contributed by atoms with E-state index >= 15 is 0 Å². The summed E-state index contributed by atoms with van der Waals surface area (Å²) < 4.78 is 1.20. The second-order valence-electron chi connectivity index (χ2n) is 3.21. The van der Waals surface area contributed by atoms with Crippen LogP contribution in [-0.2, 0) is 6.42 Å². The number of rotatable bonds is 4. The van der Waals surface area contributed by atoms with E-state index in [4.69, 9.17) is 0 Å². The Bertz CT molecular complexity index is 241. The fraction of sp³-hybridized carbons (Fsp3) is 0.455. The molecule has 0 fully saturated rings. The summed E-state index contributed by atoms with van der Waals surface area (Å²) in [6, 6.07) is 8.23. The second kappa shape index (κ2) is 5.60. The number of aliphatic hydroxyl groups excluding tert-OH is 1. The highest BCUT2D eigenvalue weighted by molar-refractivity contribution is 14.1. The molecular formula is C11H15IO. The van der Waals surface area contributed by atoms with Gasteiger partial charge in [0.1, 0.15) is 0 Å². The summed E-state index contributed by atoms with van der Waals surface area (Å²) in [6.07, 6.45) is 2.02. The zero-order chi connectivity index (χ0) is 9.68. The maximum absolute atomic E-state index is 9.29. The van der Waals surface area contributed by atoms with Crippen LogP contribution in [0.3, 0.4) is 0 Å². The molecule has 1 atom stereocenters. The molecule has 1 unspecified atom stereocenters. The third kappa shape index (κ3) is 3.65. The van der Waals surface area contributed by atoms with Gasteiger partial charge in [-0.05, 0) is 35.3 Å². The van der Waals surface area contributed by atoms with E-state index in [1.807, 2.05) is 12.1 Å². The summed E-state index contributed by atoms with van der Waals surface area (Å²) in [5.74, 6) is 0. The first-order valence-corrected chi connectivity index (χ1v) is 6.09. The van der Waals surface area contributed by atoms with Crippen LogP contribution in [-0.4, -0.2) is 9.53 Å². The van der Waals surface area contributed by atoms with Gasteiger partial charge in [0.25, 0.3) is 0 Å². The lowest BCUT2D eigenvalue weighted by molar-refractivity contribution is 0.199. The number of aliphatic hydroxyl groups is 1. The van der Waals surface area contributed by atoms with Gasteiger partial charge in [0.05, 0.1) is 6.10 Å². The van der Waals surface area contributed by atoms with E-state index in [9.17, 15) is 5.11 Å². The fourth-order valence-corrected chi connectivity index (χ4v) is 1.62. The average molecular weight is 290 g/mol. The Kier molecular flexibility index (Phi) is 4.73. The van der Waals surface area contributed by atoms with Gasteiger partial charge in [-0.3, -0.25) is 0 Å². The molecule has 2 heteroatoms. The van der Waals surface area contributed by atoms with Gasteiger partial charge in [-0.15, -0.1) is 0 Å². The summed E-state index contributed by atoms with van der Waals surface area (Å²) in [5.41, 5.74) is 2.36. The summed E-state index contributed by atoms with van der Waals surface area (Å²) in [5, 5.41) is 9.29. The molecule has 1 N–H and O–H groups in total. The monoisotopic (exact) mass is 290 g/mol. The van der Waals surface area contributed by atoms with Crippen molar-refractivity contribution in [3.63, 3.8) is 0 Å². The second-order valence-corrected chi connectivity index (χ2v) is 4.29. The number of benzene rings is 1. The van der Waals surface area contributed by atoms with Crippen molar-refractivity contribution in [2.75, 3.05) is 4.43 Å². The van der Waals surface area contributed by atoms with Crippen LogP contribution in [0.1, 0.15) is 30.6 Å². The van der Waals surface area contributed by atoms with Crippen molar-refractivity contribution in [1.82, 2.24) is 0 Å². The first-order valence-electron chi connectivity index (χ1n) is 4.57. The van der Waals surface area contributed by atoms with Gasteiger partial charge in [-0.2, -0.15) is 0 Å². The highest BCUT2D eigenvalue weighted by atomic mass is 127. The quantitative estimate of drug-likeness (QED) is 0.667. The summed E-state index contributed by atoms with van der Waals surface area (Å²) in [7, 11) is 0. The van der Waals surface area contributed by atoms with Crippen molar-refractivity contribution in [2.45, 2.75) is 25.9 Å². The Morgan fingerprint density at radius 2 is 1.92 bits per heavy atom. The smallest absolute Gasteiger partial charge is 0.0761 e. The lowest BCUT2D eigenvalue weighted by atomic mass is 10.1. The molecule has 72 valence electrons. The zero-order valence-corrected chi connectivity index (χ0v) is 9.99. The highest BCUT2D eigenvalue weighted by Gasteiger charge is 1.99. The molecule has 13 heavy (non-hydrogen) atoms. The molecule has 1 aromatic rings. The lowest BCUT2D eigenvalue weighted by Crippen LogP contribution is -1.92. The summed E-state index contributed by atoms with van der Waals surface area (Å²) >= 11 is 2.39. The molecule has 1 rings (SSSR count). The van der Waals surface area contributed by atoms with E-state index in [0.29, 0.717) is 0 Å². The first-order chi connectivity index (χ1) is 6.24. The molecule has 0 saturated carbocycles. The predicted octanol–water partition coefficient (Wildman–Crippen LogP) is 3.11. The first kappa shape index (κ1) is 11.0. The Morgan fingerprint density at radius 3 is 2.38 bits per heavy atom. The molecule has 0 aliphatic heterocycles. The van der Waals surface area contributed by atoms with Gasteiger partial charge in [0.15, 0.2) is 0 Å². The minimum atomic E-state index is -0.348. The molecular weight excluding hydrogens is 275 g/mol. The van der Waals surface area contributed by atoms with Crippen molar-refractivity contribution < 1.29 is 5.11 Å². The molecule has 0 spiro atoms. The van der Waals surface area contributed by atoms with Crippen LogP contribution in [0.5, 0.6) is 0 Å². The number of hydrogen-bond acceptors (Lipinski definition) is 1. The van der Waals surface area contributed by atoms with Crippen molar-refractivity contribution in [2.24, 2.45) is 0 Å². The zero-order valence-electron chi connectivity index (χ0n) is 7.83. The molecule has 0 heterocycles. The van der Waals surface area contributed by atoms with E-state index in [-0.39, 0.29) is 6.10 Å². The predicted molar refractivity (Wildman–Crippen MR) is 64.3 cm³/mol. The molecule has 0 aromatic heterocycles. The maximum atomic E-state index is 9.29. The largest absolute Gasteiger partial charge is 0.389 e. The molecule has 0 aliphatic rings. The topological polar surface area (TPSA) is 20.2 Å². The van der Waals surface area contributed by atoms with Gasteiger partial charge in [-0.1, -0.05) is 46.9 Å². The molecule has 0 radical (unpaired) electrons. The SMILES string of the molecule is CC(O)c1ccc(CCCI)cc1. The number of aryl methyl sites for hydroxylation is 1. The molecule has 1 nitrogen and oxygen atoms in total. The van der Waals surface area contributed by atoms with Crippen molar-refractivity contribution in [3.05, 3.63) is 35.4 Å². The van der Waals surface area contributed by atoms with E-state index < -0.39 is 0 Å². The van der Waals surface area contributed by atoms with Crippen LogP contribution >= 0.6 is 22.6 Å². The number of alkyl halides is 1. The van der Waals surface area contributed by atoms with Gasteiger partial charge in [0, 0.05) is 0 Å². The van der Waals surface area contributed by atoms with Gasteiger partial charge in [0.2, 0.25) is 0 Å². The fourth-order valence-electron chi connectivity index (χ4n) is 1.23. The Morgan fingerprint density at radius 1 is 1.31 bits per heavy atom. The van der Waals surface area contributed by atoms with E-state index in [1.165, 1.54) is 16.4 Å². The highest BCUT2D eigenvalue weighted by Crippen LogP contribution is 2.13. The minimum absolute atomic E-state index is 0.348. The van der Waals surface area contributed by atoms with Gasteiger partial charge < -0.3 is 5.11 Å². The molecule has 0 bridgehead atoms. The van der Waals surface area contributed by atoms with Crippen LogP contribution in [0, 0.1) is 0 Å². The van der Waals surface area contributed by atoms with Crippen LogP contribution in [0.15, 0.2) is 24.3 Å². The van der Waals surface area contributed by atoms with Crippen LogP contribution in [0.25, 0.3) is 0 Å². The molecule has 0 aliphatic carbocycles. The summed E-state index contributed by atoms with van der Waals surface area (Å²) in [6.45, 7) is 1.79. The third-order valence-corrected chi connectivity index (χ3v) is 2.82. The van der Waals surface area contributed by atoms with Crippen LogP contribution in [0.4, 0.5) is 0 Å². The van der Waals surface area contributed by atoms with E-state index in [1.54, 1.807) is 6.92 Å². The van der Waals surface area contributed by atoms with Crippen molar-refractivity contribution >= 4 is 22.6 Å². The number of halogens is 1. The summed E-state index contributed by atoms with van der Waals surface area (Å²) in [4.78, 5) is 0. The van der Waals surface area contributed by atoms with Crippen molar-refractivity contribution in [3.8, 4) is 0 Å². The normalized spacial score (nSPS) is 12.8. The molecule has 0 saturated heterocycles. The maximum Gasteiger partial charge on any atom is 0.0761 e. The Labute approximate surface area is 93.3 Å². The average Bonchev–Trinajstić information content (AvgIpc) is 2.15. The Hall–Kier alpha value is -0.0900. The van der Waals surface area contributed by atoms with Crippen molar-refractivity contribution in [1.29, 1.82) is 0 Å². The van der Waals surface area contributed by atoms with E-state index in [0.717, 1.165) is 12.0 Å². The van der Waals surface area contributed by atoms with Gasteiger partial charge >= 0.3 is 0 Å². The van der Waals surface area contributed by atoms with E-state index in [2.05, 4.69) is 34.7 Å².